The summed E-state index contributed by atoms with van der Waals surface area (Å²) >= 11 is 1.54. The number of benzene rings is 1. The highest BCUT2D eigenvalue weighted by atomic mass is 32.1. The number of hydrogen-bond acceptors (Lipinski definition) is 4. The molecule has 0 saturated heterocycles. The average Bonchev–Trinajstić information content (AvgIpc) is 2.89. The summed E-state index contributed by atoms with van der Waals surface area (Å²) in [6.45, 7) is 2.13. The lowest BCUT2D eigenvalue weighted by atomic mass is 10.1. The topological polar surface area (TPSA) is 64.3 Å². The molecule has 0 spiro atoms. The van der Waals surface area contributed by atoms with Gasteiger partial charge in [-0.25, -0.2) is 0 Å². The van der Waals surface area contributed by atoms with Gasteiger partial charge in [0.05, 0.1) is 12.2 Å². The molecular formula is C15H18N2O2S. The van der Waals surface area contributed by atoms with E-state index >= 15 is 0 Å². The molecule has 0 atom stereocenters. The predicted molar refractivity (Wildman–Crippen MR) is 80.5 cm³/mol. The summed E-state index contributed by atoms with van der Waals surface area (Å²) in [6.07, 6.45) is 0. The fourth-order valence-electron chi connectivity index (χ4n) is 1.93. The number of rotatable bonds is 7. The van der Waals surface area contributed by atoms with Crippen LogP contribution in [0.15, 0.2) is 35.7 Å². The van der Waals surface area contributed by atoms with Gasteiger partial charge in [-0.2, -0.15) is 0 Å². The summed E-state index contributed by atoms with van der Waals surface area (Å²) in [4.78, 5) is 12.1. The quantitative estimate of drug-likeness (QED) is 0.822. The number of carbonyl (C=O) groups is 1. The number of nitrogens with two attached hydrogens (primary N) is 1. The lowest BCUT2D eigenvalue weighted by Crippen LogP contribution is -2.12. The molecule has 1 amide bonds. The van der Waals surface area contributed by atoms with E-state index in [9.17, 15) is 4.79 Å². The van der Waals surface area contributed by atoms with Gasteiger partial charge in [0.2, 0.25) is 5.91 Å². The first-order chi connectivity index (χ1) is 9.69. The van der Waals surface area contributed by atoms with Gasteiger partial charge in [-0.05, 0) is 17.2 Å². The standard InChI is InChI=1S/C15H18N2O2S/c1-19-9-12-4-2-3-11(5-12)7-17-8-14-6-13(10-20-14)15(16)18/h2-6,10,17H,7-9H2,1H3,(H2,16,18). The third-order valence-electron chi connectivity index (χ3n) is 2.87. The van der Waals surface area contributed by atoms with Gasteiger partial charge in [0, 0.05) is 30.5 Å². The van der Waals surface area contributed by atoms with E-state index in [1.54, 1.807) is 23.8 Å². The van der Waals surface area contributed by atoms with Crippen LogP contribution in [0.3, 0.4) is 0 Å². The van der Waals surface area contributed by atoms with Crippen molar-refractivity contribution >= 4 is 17.2 Å². The number of methoxy groups -OCH3 is 1. The fourth-order valence-corrected chi connectivity index (χ4v) is 2.77. The van der Waals surface area contributed by atoms with E-state index in [-0.39, 0.29) is 5.91 Å². The summed E-state index contributed by atoms with van der Waals surface area (Å²) in [7, 11) is 1.69. The Morgan fingerprint density at radius 1 is 1.30 bits per heavy atom. The van der Waals surface area contributed by atoms with Crippen molar-refractivity contribution < 1.29 is 9.53 Å². The molecule has 3 N–H and O–H groups in total. The summed E-state index contributed by atoms with van der Waals surface area (Å²) in [5, 5.41) is 5.15. The summed E-state index contributed by atoms with van der Waals surface area (Å²) in [5.74, 6) is -0.375. The SMILES string of the molecule is COCc1cccc(CNCc2cc(C(N)=O)cs2)c1. The molecule has 4 nitrogen and oxygen atoms in total. The van der Waals surface area contributed by atoms with Crippen LogP contribution in [-0.4, -0.2) is 13.0 Å². The molecule has 2 aromatic rings. The van der Waals surface area contributed by atoms with Gasteiger partial charge in [0.15, 0.2) is 0 Å². The zero-order valence-corrected chi connectivity index (χ0v) is 12.2. The van der Waals surface area contributed by atoms with Gasteiger partial charge in [0.25, 0.3) is 0 Å². The zero-order valence-electron chi connectivity index (χ0n) is 11.4. The van der Waals surface area contributed by atoms with Crippen molar-refractivity contribution in [3.63, 3.8) is 0 Å². The molecule has 106 valence electrons. The smallest absolute Gasteiger partial charge is 0.249 e. The molecule has 20 heavy (non-hydrogen) atoms. The zero-order chi connectivity index (χ0) is 14.4. The third kappa shape index (κ3) is 4.16. The lowest BCUT2D eigenvalue weighted by Gasteiger charge is -2.06. The Balaban J connectivity index is 1.85. The Morgan fingerprint density at radius 3 is 2.80 bits per heavy atom. The van der Waals surface area contributed by atoms with E-state index in [4.69, 9.17) is 10.5 Å². The summed E-state index contributed by atoms with van der Waals surface area (Å²) in [5.41, 5.74) is 8.18. The van der Waals surface area contributed by atoms with Crippen molar-refractivity contribution in [3.05, 3.63) is 57.3 Å². The summed E-state index contributed by atoms with van der Waals surface area (Å²) in [6, 6.07) is 10.1. The monoisotopic (exact) mass is 290 g/mol. The van der Waals surface area contributed by atoms with Gasteiger partial charge in [-0.1, -0.05) is 24.3 Å². The number of primary amides is 1. The van der Waals surface area contributed by atoms with Crippen LogP contribution in [0.4, 0.5) is 0 Å². The number of amides is 1. The predicted octanol–water partition coefficient (Wildman–Crippen LogP) is 2.28. The fraction of sp³-hybridized carbons (Fsp3) is 0.267. The first-order valence-electron chi connectivity index (χ1n) is 6.33. The van der Waals surface area contributed by atoms with Crippen molar-refractivity contribution in [3.8, 4) is 0 Å². The number of thiophene rings is 1. The van der Waals surface area contributed by atoms with Crippen LogP contribution in [0.5, 0.6) is 0 Å². The molecule has 0 aliphatic heterocycles. The Morgan fingerprint density at radius 2 is 2.10 bits per heavy atom. The highest BCUT2D eigenvalue weighted by Gasteiger charge is 2.04. The molecule has 2 rings (SSSR count). The van der Waals surface area contributed by atoms with Crippen LogP contribution in [0.1, 0.15) is 26.4 Å². The van der Waals surface area contributed by atoms with E-state index in [2.05, 4.69) is 17.4 Å². The van der Waals surface area contributed by atoms with E-state index in [1.807, 2.05) is 18.2 Å². The largest absolute Gasteiger partial charge is 0.380 e. The van der Waals surface area contributed by atoms with Crippen LogP contribution in [0, 0.1) is 0 Å². The first-order valence-corrected chi connectivity index (χ1v) is 7.21. The van der Waals surface area contributed by atoms with Gasteiger partial charge in [-0.3, -0.25) is 4.79 Å². The molecule has 0 unspecified atom stereocenters. The van der Waals surface area contributed by atoms with E-state index in [0.717, 1.165) is 18.0 Å². The minimum absolute atomic E-state index is 0.375. The molecule has 0 radical (unpaired) electrons. The Kier molecular flexibility index (Phi) is 5.29. The molecule has 0 aliphatic rings. The second-order valence-electron chi connectivity index (χ2n) is 4.52. The second kappa shape index (κ2) is 7.19. The molecule has 1 aromatic carbocycles. The van der Waals surface area contributed by atoms with E-state index in [0.29, 0.717) is 12.2 Å². The number of ether oxygens (including phenoxy) is 1. The number of carbonyl (C=O) groups excluding carboxylic acids is 1. The minimum atomic E-state index is -0.375. The van der Waals surface area contributed by atoms with Crippen LogP contribution in [-0.2, 0) is 24.4 Å². The molecule has 0 fully saturated rings. The molecule has 0 bridgehead atoms. The maximum Gasteiger partial charge on any atom is 0.249 e. The Labute approximate surface area is 122 Å². The summed E-state index contributed by atoms with van der Waals surface area (Å²) < 4.78 is 5.12. The molecule has 5 heteroatoms. The van der Waals surface area contributed by atoms with Crippen LogP contribution in [0.2, 0.25) is 0 Å². The maximum atomic E-state index is 11.0. The van der Waals surface area contributed by atoms with Crippen LogP contribution in [0.25, 0.3) is 0 Å². The van der Waals surface area contributed by atoms with Crippen molar-refractivity contribution in [1.29, 1.82) is 0 Å². The highest BCUT2D eigenvalue weighted by Crippen LogP contribution is 2.14. The molecule has 1 aromatic heterocycles. The number of nitrogens with one attached hydrogen (secondary N) is 1. The highest BCUT2D eigenvalue weighted by molar-refractivity contribution is 7.10. The van der Waals surface area contributed by atoms with Crippen LogP contribution >= 0.6 is 11.3 Å². The van der Waals surface area contributed by atoms with E-state index < -0.39 is 0 Å². The lowest BCUT2D eigenvalue weighted by molar-refractivity contribution is 0.100. The van der Waals surface area contributed by atoms with Gasteiger partial charge < -0.3 is 15.8 Å². The average molecular weight is 290 g/mol. The van der Waals surface area contributed by atoms with Crippen molar-refractivity contribution in [1.82, 2.24) is 5.32 Å². The van der Waals surface area contributed by atoms with Gasteiger partial charge in [0.1, 0.15) is 0 Å². The van der Waals surface area contributed by atoms with Crippen molar-refractivity contribution in [2.45, 2.75) is 19.7 Å². The Hall–Kier alpha value is -1.69. The van der Waals surface area contributed by atoms with Gasteiger partial charge in [-0.15, -0.1) is 11.3 Å². The van der Waals surface area contributed by atoms with Crippen molar-refractivity contribution in [2.75, 3.05) is 7.11 Å². The maximum absolute atomic E-state index is 11.0. The van der Waals surface area contributed by atoms with Crippen LogP contribution < -0.4 is 11.1 Å². The number of hydrogen-bond donors (Lipinski definition) is 2. The molecular weight excluding hydrogens is 272 g/mol. The third-order valence-corrected chi connectivity index (χ3v) is 3.81. The first kappa shape index (κ1) is 14.7. The molecule has 0 saturated carbocycles. The minimum Gasteiger partial charge on any atom is -0.380 e. The molecule has 0 aliphatic carbocycles. The molecule has 1 heterocycles. The van der Waals surface area contributed by atoms with Gasteiger partial charge >= 0.3 is 0 Å². The van der Waals surface area contributed by atoms with Crippen molar-refractivity contribution in [2.24, 2.45) is 5.73 Å². The second-order valence-corrected chi connectivity index (χ2v) is 5.52. The van der Waals surface area contributed by atoms with E-state index in [1.165, 1.54) is 11.1 Å². The normalized spacial score (nSPS) is 10.7. The Bertz CT molecular complexity index is 581.